The van der Waals surface area contributed by atoms with E-state index in [1.54, 1.807) is 7.11 Å². The quantitative estimate of drug-likeness (QED) is 0.804. The summed E-state index contributed by atoms with van der Waals surface area (Å²) < 4.78 is 7.30. The van der Waals surface area contributed by atoms with Crippen molar-refractivity contribution >= 4 is 0 Å². The van der Waals surface area contributed by atoms with Crippen LogP contribution in [0.15, 0.2) is 6.20 Å². The molecule has 0 bridgehead atoms. The van der Waals surface area contributed by atoms with Gasteiger partial charge in [0.1, 0.15) is 5.82 Å². The summed E-state index contributed by atoms with van der Waals surface area (Å²) in [5, 5.41) is 9.26. The molecule has 84 valence electrons. The van der Waals surface area contributed by atoms with Crippen LogP contribution in [0.3, 0.4) is 0 Å². The lowest BCUT2D eigenvalue weighted by Crippen LogP contribution is -2.19. The van der Waals surface area contributed by atoms with E-state index in [1.165, 1.54) is 5.69 Å². The summed E-state index contributed by atoms with van der Waals surface area (Å²) in [6.45, 7) is 1.97. The van der Waals surface area contributed by atoms with Crippen molar-refractivity contribution in [2.24, 2.45) is 0 Å². The summed E-state index contributed by atoms with van der Waals surface area (Å²) in [6.07, 6.45) is 4.97. The van der Waals surface area contributed by atoms with Gasteiger partial charge in [-0.05, 0) is 12.8 Å². The minimum atomic E-state index is 0.232. The molecule has 0 spiro atoms. The molecule has 0 fully saturated rings. The SMILES string of the molecule is COCCc1ncc2n1CCCC2CO. The third-order valence-electron chi connectivity index (χ3n) is 3.07. The number of nitrogens with zero attached hydrogens (tertiary/aromatic N) is 2. The predicted molar refractivity (Wildman–Crippen MR) is 56.9 cm³/mol. The van der Waals surface area contributed by atoms with Gasteiger partial charge in [0.05, 0.1) is 13.2 Å². The number of aliphatic hydroxyl groups is 1. The van der Waals surface area contributed by atoms with Gasteiger partial charge in [-0.15, -0.1) is 0 Å². The van der Waals surface area contributed by atoms with Gasteiger partial charge >= 0.3 is 0 Å². The highest BCUT2D eigenvalue weighted by Crippen LogP contribution is 2.27. The highest BCUT2D eigenvalue weighted by Gasteiger charge is 2.22. The Balaban J connectivity index is 2.18. The summed E-state index contributed by atoms with van der Waals surface area (Å²) in [4.78, 5) is 4.41. The molecule has 2 rings (SSSR count). The summed E-state index contributed by atoms with van der Waals surface area (Å²) in [7, 11) is 1.70. The summed E-state index contributed by atoms with van der Waals surface area (Å²) in [5.74, 6) is 1.37. The zero-order chi connectivity index (χ0) is 10.7. The molecule has 0 saturated heterocycles. The maximum absolute atomic E-state index is 9.26. The molecule has 2 heterocycles. The van der Waals surface area contributed by atoms with Crippen LogP contribution >= 0.6 is 0 Å². The van der Waals surface area contributed by atoms with E-state index in [0.717, 1.165) is 31.6 Å². The van der Waals surface area contributed by atoms with Crippen molar-refractivity contribution in [1.82, 2.24) is 9.55 Å². The van der Waals surface area contributed by atoms with E-state index in [9.17, 15) is 5.11 Å². The van der Waals surface area contributed by atoms with Crippen molar-refractivity contribution in [1.29, 1.82) is 0 Å². The van der Waals surface area contributed by atoms with Crippen molar-refractivity contribution in [2.75, 3.05) is 20.3 Å². The van der Waals surface area contributed by atoms with Gasteiger partial charge in [-0.1, -0.05) is 0 Å². The number of aliphatic hydroxyl groups excluding tert-OH is 1. The van der Waals surface area contributed by atoms with Crippen LogP contribution in [0.2, 0.25) is 0 Å². The number of hydrogen-bond donors (Lipinski definition) is 1. The molecular formula is C11H18N2O2. The average Bonchev–Trinajstić information content (AvgIpc) is 2.69. The molecule has 1 unspecified atom stereocenters. The fraction of sp³-hybridized carbons (Fsp3) is 0.727. The maximum atomic E-state index is 9.26. The highest BCUT2D eigenvalue weighted by atomic mass is 16.5. The molecule has 0 aromatic carbocycles. The van der Waals surface area contributed by atoms with E-state index < -0.39 is 0 Å². The van der Waals surface area contributed by atoms with Gasteiger partial charge in [0.25, 0.3) is 0 Å². The first-order valence-electron chi connectivity index (χ1n) is 5.51. The van der Waals surface area contributed by atoms with E-state index in [0.29, 0.717) is 6.61 Å². The molecule has 0 radical (unpaired) electrons. The van der Waals surface area contributed by atoms with Gasteiger partial charge in [-0.25, -0.2) is 4.98 Å². The summed E-state index contributed by atoms with van der Waals surface area (Å²) in [5.41, 5.74) is 1.19. The second-order valence-electron chi connectivity index (χ2n) is 4.02. The maximum Gasteiger partial charge on any atom is 0.111 e. The Labute approximate surface area is 89.9 Å². The lowest BCUT2D eigenvalue weighted by Gasteiger charge is -2.23. The zero-order valence-corrected chi connectivity index (χ0v) is 9.15. The van der Waals surface area contributed by atoms with Gasteiger partial charge in [-0.3, -0.25) is 0 Å². The molecule has 15 heavy (non-hydrogen) atoms. The number of fused-ring (bicyclic) bond motifs is 1. The normalized spacial score (nSPS) is 20.3. The van der Waals surface area contributed by atoms with E-state index in [1.807, 2.05) is 6.20 Å². The Morgan fingerprint density at radius 1 is 1.67 bits per heavy atom. The first-order chi connectivity index (χ1) is 7.36. The number of methoxy groups -OCH3 is 1. The van der Waals surface area contributed by atoms with Gasteiger partial charge < -0.3 is 14.4 Å². The third kappa shape index (κ3) is 2.06. The molecule has 0 aliphatic carbocycles. The van der Waals surface area contributed by atoms with Crippen molar-refractivity contribution in [3.8, 4) is 0 Å². The van der Waals surface area contributed by atoms with Crippen LogP contribution < -0.4 is 0 Å². The van der Waals surface area contributed by atoms with Crippen LogP contribution in [0.25, 0.3) is 0 Å². The summed E-state index contributed by atoms with van der Waals surface area (Å²) in [6, 6.07) is 0. The van der Waals surface area contributed by atoms with E-state index >= 15 is 0 Å². The molecule has 1 aromatic heterocycles. The van der Waals surface area contributed by atoms with E-state index in [-0.39, 0.29) is 12.5 Å². The molecule has 0 saturated carbocycles. The molecule has 4 nitrogen and oxygen atoms in total. The van der Waals surface area contributed by atoms with Crippen molar-refractivity contribution in [3.05, 3.63) is 17.7 Å². The standard InChI is InChI=1S/C11H18N2O2/c1-15-6-4-11-12-7-10-9(8-14)3-2-5-13(10)11/h7,9,14H,2-6,8H2,1H3. The Hall–Kier alpha value is -0.870. The fourth-order valence-electron chi connectivity index (χ4n) is 2.23. The Morgan fingerprint density at radius 2 is 2.53 bits per heavy atom. The second-order valence-corrected chi connectivity index (χ2v) is 4.02. The van der Waals surface area contributed by atoms with Gasteiger partial charge in [0.15, 0.2) is 0 Å². The Kier molecular flexibility index (Phi) is 3.38. The van der Waals surface area contributed by atoms with Crippen LogP contribution in [-0.4, -0.2) is 35.0 Å². The van der Waals surface area contributed by atoms with Crippen LogP contribution in [0, 0.1) is 0 Å². The van der Waals surface area contributed by atoms with Crippen molar-refractivity contribution < 1.29 is 9.84 Å². The first-order valence-corrected chi connectivity index (χ1v) is 5.51. The van der Waals surface area contributed by atoms with Crippen LogP contribution in [0.5, 0.6) is 0 Å². The van der Waals surface area contributed by atoms with Gasteiger partial charge in [0.2, 0.25) is 0 Å². The van der Waals surface area contributed by atoms with Crippen LogP contribution in [-0.2, 0) is 17.7 Å². The Bertz CT molecular complexity index is 322. The molecule has 4 heteroatoms. The number of aromatic nitrogens is 2. The largest absolute Gasteiger partial charge is 0.396 e. The lowest BCUT2D eigenvalue weighted by molar-refractivity contribution is 0.198. The van der Waals surface area contributed by atoms with Crippen LogP contribution in [0.1, 0.15) is 30.3 Å². The van der Waals surface area contributed by atoms with E-state index in [2.05, 4.69) is 9.55 Å². The van der Waals surface area contributed by atoms with Crippen LogP contribution in [0.4, 0.5) is 0 Å². The van der Waals surface area contributed by atoms with Crippen molar-refractivity contribution in [3.63, 3.8) is 0 Å². The number of rotatable bonds is 4. The van der Waals surface area contributed by atoms with E-state index in [4.69, 9.17) is 4.74 Å². The molecular weight excluding hydrogens is 192 g/mol. The second kappa shape index (κ2) is 4.77. The minimum absolute atomic E-state index is 0.232. The third-order valence-corrected chi connectivity index (χ3v) is 3.07. The number of imidazole rings is 1. The summed E-state index contributed by atoms with van der Waals surface area (Å²) >= 11 is 0. The minimum Gasteiger partial charge on any atom is -0.396 e. The van der Waals surface area contributed by atoms with Gasteiger partial charge in [-0.2, -0.15) is 0 Å². The molecule has 0 amide bonds. The zero-order valence-electron chi connectivity index (χ0n) is 9.15. The number of ether oxygens (including phenoxy) is 1. The smallest absolute Gasteiger partial charge is 0.111 e. The molecule has 1 aromatic rings. The first kappa shape index (κ1) is 10.6. The Morgan fingerprint density at radius 3 is 3.27 bits per heavy atom. The predicted octanol–water partition coefficient (Wildman–Crippen LogP) is 0.942. The lowest BCUT2D eigenvalue weighted by atomic mass is 9.97. The monoisotopic (exact) mass is 210 g/mol. The molecule has 1 aliphatic rings. The van der Waals surface area contributed by atoms with Gasteiger partial charge in [0, 0.05) is 37.9 Å². The number of hydrogen-bond acceptors (Lipinski definition) is 3. The highest BCUT2D eigenvalue weighted by molar-refractivity contribution is 5.13. The molecule has 1 N–H and O–H groups in total. The topological polar surface area (TPSA) is 47.3 Å². The van der Waals surface area contributed by atoms with Crippen molar-refractivity contribution in [2.45, 2.75) is 31.7 Å². The molecule has 1 atom stereocenters. The molecule has 1 aliphatic heterocycles. The fourth-order valence-corrected chi connectivity index (χ4v) is 2.23. The average molecular weight is 210 g/mol.